The van der Waals surface area contributed by atoms with Gasteiger partial charge in [-0.2, -0.15) is 0 Å². The highest BCUT2D eigenvalue weighted by molar-refractivity contribution is 5.90. The lowest BCUT2D eigenvalue weighted by Gasteiger charge is -2.12. The van der Waals surface area contributed by atoms with E-state index in [-0.39, 0.29) is 5.91 Å². The lowest BCUT2D eigenvalue weighted by Crippen LogP contribution is -2.27. The third kappa shape index (κ3) is 6.94. The van der Waals surface area contributed by atoms with Gasteiger partial charge in [-0.3, -0.25) is 4.79 Å². The monoisotopic (exact) mass is 263 g/mol. The molecule has 0 aromatic heterocycles. The van der Waals surface area contributed by atoms with Crippen molar-refractivity contribution in [3.8, 4) is 0 Å². The lowest BCUT2D eigenvalue weighted by molar-refractivity contribution is -0.116. The predicted octanol–water partition coefficient (Wildman–Crippen LogP) is 2.07. The van der Waals surface area contributed by atoms with Gasteiger partial charge in [-0.25, -0.2) is 0 Å². The van der Waals surface area contributed by atoms with Crippen molar-refractivity contribution in [2.24, 2.45) is 0 Å². The Kier molecular flexibility index (Phi) is 6.53. The largest absolute Gasteiger partial charge is 0.326 e. The van der Waals surface area contributed by atoms with Gasteiger partial charge >= 0.3 is 0 Å². The van der Waals surface area contributed by atoms with E-state index in [1.165, 1.54) is 5.56 Å². The molecule has 1 aromatic rings. The third-order valence-corrected chi connectivity index (χ3v) is 2.61. The van der Waals surface area contributed by atoms with Crippen LogP contribution in [0, 0.1) is 0 Å². The summed E-state index contributed by atoms with van der Waals surface area (Å²) in [4.78, 5) is 13.9. The molecule has 0 aliphatic rings. The zero-order valence-corrected chi connectivity index (χ0v) is 12.4. The normalized spacial score (nSPS) is 11.1. The number of nitrogens with one attached hydrogen (secondary N) is 2. The summed E-state index contributed by atoms with van der Waals surface area (Å²) in [5.74, 6) is 0.0511. The molecule has 0 bridgehead atoms. The fraction of sp³-hybridized carbons (Fsp3) is 0.533. The Balaban J connectivity index is 2.45. The second-order valence-corrected chi connectivity index (χ2v) is 5.35. The highest BCUT2D eigenvalue weighted by Gasteiger charge is 2.04. The molecule has 0 spiro atoms. The highest BCUT2D eigenvalue weighted by atomic mass is 16.1. The minimum Gasteiger partial charge on any atom is -0.326 e. The van der Waals surface area contributed by atoms with E-state index in [0.29, 0.717) is 19.0 Å². The molecule has 4 nitrogen and oxygen atoms in total. The first kappa shape index (κ1) is 15.7. The van der Waals surface area contributed by atoms with Crippen LogP contribution >= 0.6 is 0 Å². The molecule has 4 heteroatoms. The van der Waals surface area contributed by atoms with Crippen LogP contribution in [0.2, 0.25) is 0 Å². The van der Waals surface area contributed by atoms with Gasteiger partial charge < -0.3 is 15.5 Å². The lowest BCUT2D eigenvalue weighted by atomic mass is 10.2. The Labute approximate surface area is 116 Å². The van der Waals surface area contributed by atoms with Crippen molar-refractivity contribution >= 4 is 11.6 Å². The van der Waals surface area contributed by atoms with E-state index in [1.807, 2.05) is 32.3 Å². The Morgan fingerprint density at radius 1 is 1.32 bits per heavy atom. The van der Waals surface area contributed by atoms with E-state index in [0.717, 1.165) is 12.2 Å². The average Bonchev–Trinajstić information content (AvgIpc) is 2.27. The quantitative estimate of drug-likeness (QED) is 0.791. The standard InChI is InChI=1S/C15H25N3O/c1-12(2)16-9-8-15(19)17-14-7-5-6-13(10-14)11-18(3)4/h5-7,10,12,16H,8-9,11H2,1-4H3,(H,17,19). The van der Waals surface area contributed by atoms with E-state index in [4.69, 9.17) is 0 Å². The summed E-state index contributed by atoms with van der Waals surface area (Å²) in [6.07, 6.45) is 0.496. The van der Waals surface area contributed by atoms with Crippen LogP contribution in [-0.4, -0.2) is 37.5 Å². The minimum atomic E-state index is 0.0511. The van der Waals surface area contributed by atoms with Crippen molar-refractivity contribution in [1.29, 1.82) is 0 Å². The van der Waals surface area contributed by atoms with Gasteiger partial charge in [0.15, 0.2) is 0 Å². The average molecular weight is 263 g/mol. The zero-order chi connectivity index (χ0) is 14.3. The summed E-state index contributed by atoms with van der Waals surface area (Å²) in [5, 5.41) is 6.16. The third-order valence-electron chi connectivity index (χ3n) is 2.61. The van der Waals surface area contributed by atoms with E-state index >= 15 is 0 Å². The maximum absolute atomic E-state index is 11.8. The molecule has 0 fully saturated rings. The number of carbonyl (C=O) groups excluding carboxylic acids is 1. The van der Waals surface area contributed by atoms with Gasteiger partial charge in [0.05, 0.1) is 0 Å². The van der Waals surface area contributed by atoms with Crippen molar-refractivity contribution in [2.45, 2.75) is 32.9 Å². The van der Waals surface area contributed by atoms with Crippen molar-refractivity contribution < 1.29 is 4.79 Å². The van der Waals surface area contributed by atoms with Gasteiger partial charge in [0.2, 0.25) is 5.91 Å². The number of nitrogens with zero attached hydrogens (tertiary/aromatic N) is 1. The summed E-state index contributed by atoms with van der Waals surface area (Å²) in [6.45, 7) is 5.73. The maximum atomic E-state index is 11.8. The van der Waals surface area contributed by atoms with E-state index in [9.17, 15) is 4.79 Å². The topological polar surface area (TPSA) is 44.4 Å². The molecule has 0 unspecified atom stereocenters. The summed E-state index contributed by atoms with van der Waals surface area (Å²) >= 11 is 0. The van der Waals surface area contributed by atoms with Crippen LogP contribution in [0.4, 0.5) is 5.69 Å². The Bertz CT molecular complexity index is 402. The van der Waals surface area contributed by atoms with Gasteiger partial charge in [0, 0.05) is 31.2 Å². The van der Waals surface area contributed by atoms with Crippen LogP contribution in [0.1, 0.15) is 25.8 Å². The van der Waals surface area contributed by atoms with Crippen LogP contribution in [0.3, 0.4) is 0 Å². The molecule has 106 valence electrons. The molecule has 0 radical (unpaired) electrons. The molecule has 0 saturated heterocycles. The molecule has 0 saturated carbocycles. The SMILES string of the molecule is CC(C)NCCC(=O)Nc1cccc(CN(C)C)c1. The Morgan fingerprint density at radius 3 is 2.68 bits per heavy atom. The highest BCUT2D eigenvalue weighted by Crippen LogP contribution is 2.12. The van der Waals surface area contributed by atoms with Crippen LogP contribution in [0.15, 0.2) is 24.3 Å². The summed E-state index contributed by atoms with van der Waals surface area (Å²) in [7, 11) is 4.06. The molecular formula is C15H25N3O. The van der Waals surface area contributed by atoms with Crippen molar-refractivity contribution in [3.05, 3.63) is 29.8 Å². The fourth-order valence-electron chi connectivity index (χ4n) is 1.81. The molecule has 2 N–H and O–H groups in total. The smallest absolute Gasteiger partial charge is 0.225 e. The number of amides is 1. The van der Waals surface area contributed by atoms with Gasteiger partial charge in [0.1, 0.15) is 0 Å². The van der Waals surface area contributed by atoms with Gasteiger partial charge in [-0.15, -0.1) is 0 Å². The Morgan fingerprint density at radius 2 is 2.05 bits per heavy atom. The second kappa shape index (κ2) is 7.92. The van der Waals surface area contributed by atoms with Gasteiger partial charge in [-0.05, 0) is 31.8 Å². The molecule has 19 heavy (non-hydrogen) atoms. The number of hydrogen-bond acceptors (Lipinski definition) is 3. The maximum Gasteiger partial charge on any atom is 0.225 e. The Hall–Kier alpha value is -1.39. The first-order chi connectivity index (χ1) is 8.97. The molecular weight excluding hydrogens is 238 g/mol. The number of benzene rings is 1. The van der Waals surface area contributed by atoms with E-state index in [2.05, 4.69) is 35.4 Å². The minimum absolute atomic E-state index is 0.0511. The van der Waals surface area contributed by atoms with Crippen molar-refractivity contribution in [2.75, 3.05) is 26.0 Å². The summed E-state index contributed by atoms with van der Waals surface area (Å²) in [6, 6.07) is 8.40. The first-order valence-electron chi connectivity index (χ1n) is 6.74. The molecule has 1 aromatic carbocycles. The van der Waals surface area contributed by atoms with Crippen molar-refractivity contribution in [3.63, 3.8) is 0 Å². The molecule has 0 aliphatic carbocycles. The summed E-state index contributed by atoms with van der Waals surface area (Å²) in [5.41, 5.74) is 2.07. The molecule has 0 atom stereocenters. The van der Waals surface area contributed by atoms with Crippen LogP contribution in [0.5, 0.6) is 0 Å². The molecule has 0 heterocycles. The van der Waals surface area contributed by atoms with Crippen molar-refractivity contribution in [1.82, 2.24) is 10.2 Å². The second-order valence-electron chi connectivity index (χ2n) is 5.35. The number of rotatable bonds is 7. The van der Waals surface area contributed by atoms with Crippen LogP contribution in [-0.2, 0) is 11.3 Å². The number of hydrogen-bond donors (Lipinski definition) is 2. The van der Waals surface area contributed by atoms with Gasteiger partial charge in [0.25, 0.3) is 0 Å². The molecule has 1 rings (SSSR count). The van der Waals surface area contributed by atoms with E-state index in [1.54, 1.807) is 0 Å². The van der Waals surface area contributed by atoms with E-state index < -0.39 is 0 Å². The van der Waals surface area contributed by atoms with Crippen LogP contribution < -0.4 is 10.6 Å². The summed E-state index contributed by atoms with van der Waals surface area (Å²) < 4.78 is 0. The number of anilines is 1. The predicted molar refractivity (Wildman–Crippen MR) is 80.2 cm³/mol. The molecule has 1 amide bonds. The molecule has 0 aliphatic heterocycles. The zero-order valence-electron chi connectivity index (χ0n) is 12.4. The fourth-order valence-corrected chi connectivity index (χ4v) is 1.81. The van der Waals surface area contributed by atoms with Gasteiger partial charge in [-0.1, -0.05) is 26.0 Å². The first-order valence-corrected chi connectivity index (χ1v) is 6.74. The van der Waals surface area contributed by atoms with Crippen LogP contribution in [0.25, 0.3) is 0 Å². The number of carbonyl (C=O) groups is 1.